The molecule has 1 aromatic carbocycles. The van der Waals surface area contributed by atoms with E-state index in [4.69, 9.17) is 15.2 Å². The van der Waals surface area contributed by atoms with Crippen LogP contribution in [0.5, 0.6) is 5.75 Å². The first kappa shape index (κ1) is 16.0. The molecule has 0 aromatic heterocycles. The topological polar surface area (TPSA) is 47.7 Å². The lowest BCUT2D eigenvalue weighted by atomic mass is 10.0. The molecule has 19 heavy (non-hydrogen) atoms. The molecular weight excluding hydrogens is 240 g/mol. The van der Waals surface area contributed by atoms with Crippen LogP contribution in [-0.4, -0.2) is 44.9 Å². The first-order valence-electron chi connectivity index (χ1n) is 6.72. The van der Waals surface area contributed by atoms with Crippen LogP contribution in [0.4, 0.5) is 0 Å². The van der Waals surface area contributed by atoms with E-state index in [0.29, 0.717) is 19.2 Å². The van der Waals surface area contributed by atoms with Crippen LogP contribution in [0.25, 0.3) is 0 Å². The highest BCUT2D eigenvalue weighted by molar-refractivity contribution is 5.29. The highest BCUT2D eigenvalue weighted by Crippen LogP contribution is 2.24. The molecular formula is C15H26N2O2. The van der Waals surface area contributed by atoms with Crippen molar-refractivity contribution < 1.29 is 9.47 Å². The van der Waals surface area contributed by atoms with Gasteiger partial charge in [-0.1, -0.05) is 12.1 Å². The van der Waals surface area contributed by atoms with Crippen molar-refractivity contribution in [3.63, 3.8) is 0 Å². The highest BCUT2D eigenvalue weighted by atomic mass is 16.5. The van der Waals surface area contributed by atoms with Gasteiger partial charge < -0.3 is 15.2 Å². The van der Waals surface area contributed by atoms with Gasteiger partial charge in [0.05, 0.1) is 13.7 Å². The maximum absolute atomic E-state index is 5.97. The van der Waals surface area contributed by atoms with Crippen molar-refractivity contribution in [1.29, 1.82) is 0 Å². The smallest absolute Gasteiger partial charge is 0.118 e. The summed E-state index contributed by atoms with van der Waals surface area (Å²) in [6.45, 7) is 6.55. The molecule has 4 nitrogen and oxygen atoms in total. The molecule has 0 heterocycles. The van der Waals surface area contributed by atoms with Crippen LogP contribution in [0.1, 0.15) is 25.5 Å². The van der Waals surface area contributed by atoms with E-state index in [2.05, 4.69) is 30.9 Å². The van der Waals surface area contributed by atoms with Gasteiger partial charge in [0, 0.05) is 32.3 Å². The Morgan fingerprint density at radius 2 is 1.79 bits per heavy atom. The second-order valence-electron chi connectivity index (χ2n) is 4.85. The summed E-state index contributed by atoms with van der Waals surface area (Å²) in [4.78, 5) is 2.37. The Morgan fingerprint density at radius 1 is 1.16 bits per heavy atom. The van der Waals surface area contributed by atoms with Gasteiger partial charge in [-0.15, -0.1) is 0 Å². The van der Waals surface area contributed by atoms with Gasteiger partial charge in [0.15, 0.2) is 0 Å². The van der Waals surface area contributed by atoms with E-state index in [9.17, 15) is 0 Å². The van der Waals surface area contributed by atoms with Crippen molar-refractivity contribution in [2.75, 3.05) is 33.9 Å². The van der Waals surface area contributed by atoms with Gasteiger partial charge in [-0.3, -0.25) is 4.90 Å². The Bertz CT molecular complexity index is 352. The molecule has 1 aromatic rings. The van der Waals surface area contributed by atoms with E-state index in [-0.39, 0.29) is 6.04 Å². The van der Waals surface area contributed by atoms with Crippen LogP contribution < -0.4 is 10.5 Å². The predicted octanol–water partition coefficient (Wildman–Crippen LogP) is 2.05. The van der Waals surface area contributed by atoms with Gasteiger partial charge in [-0.25, -0.2) is 0 Å². The van der Waals surface area contributed by atoms with E-state index >= 15 is 0 Å². The zero-order valence-corrected chi connectivity index (χ0v) is 12.4. The Kier molecular flexibility index (Phi) is 6.84. The first-order valence-corrected chi connectivity index (χ1v) is 6.72. The molecule has 0 fully saturated rings. The number of methoxy groups -OCH3 is 2. The van der Waals surface area contributed by atoms with Crippen molar-refractivity contribution in [2.45, 2.75) is 25.9 Å². The molecule has 0 saturated heterocycles. The Labute approximate surface area is 116 Å². The summed E-state index contributed by atoms with van der Waals surface area (Å²) in [5.74, 6) is 0.868. The van der Waals surface area contributed by atoms with Gasteiger partial charge in [0.1, 0.15) is 5.75 Å². The average molecular weight is 266 g/mol. The fourth-order valence-electron chi connectivity index (χ4n) is 2.26. The summed E-state index contributed by atoms with van der Waals surface area (Å²) in [5, 5.41) is 0. The summed E-state index contributed by atoms with van der Waals surface area (Å²) >= 11 is 0. The van der Waals surface area contributed by atoms with E-state index < -0.39 is 0 Å². The van der Waals surface area contributed by atoms with Crippen molar-refractivity contribution in [1.82, 2.24) is 4.90 Å². The van der Waals surface area contributed by atoms with E-state index in [1.165, 1.54) is 5.56 Å². The number of rotatable bonds is 8. The molecule has 0 radical (unpaired) electrons. The molecule has 0 spiro atoms. The third-order valence-electron chi connectivity index (χ3n) is 3.34. The number of hydrogen-bond acceptors (Lipinski definition) is 4. The number of ether oxygens (including phenoxy) is 2. The fourth-order valence-corrected chi connectivity index (χ4v) is 2.26. The van der Waals surface area contributed by atoms with Gasteiger partial charge in [0.25, 0.3) is 0 Å². The van der Waals surface area contributed by atoms with Gasteiger partial charge in [-0.2, -0.15) is 0 Å². The van der Waals surface area contributed by atoms with Crippen molar-refractivity contribution in [3.05, 3.63) is 29.8 Å². The van der Waals surface area contributed by atoms with E-state index in [0.717, 1.165) is 12.3 Å². The van der Waals surface area contributed by atoms with Crippen LogP contribution in [-0.2, 0) is 4.74 Å². The van der Waals surface area contributed by atoms with Crippen LogP contribution in [0, 0.1) is 0 Å². The summed E-state index contributed by atoms with van der Waals surface area (Å²) in [6, 6.07) is 8.75. The molecule has 0 aliphatic rings. The van der Waals surface area contributed by atoms with Crippen LogP contribution >= 0.6 is 0 Å². The van der Waals surface area contributed by atoms with Crippen molar-refractivity contribution >= 4 is 0 Å². The highest BCUT2D eigenvalue weighted by Gasteiger charge is 2.21. The normalized spacial score (nSPS) is 13.0. The number of nitrogens with two attached hydrogens (primary N) is 1. The number of hydrogen-bond donors (Lipinski definition) is 1. The summed E-state index contributed by atoms with van der Waals surface area (Å²) in [5.41, 5.74) is 7.19. The predicted molar refractivity (Wildman–Crippen MR) is 78.5 cm³/mol. The number of nitrogens with zero attached hydrogens (tertiary/aromatic N) is 1. The lowest BCUT2D eigenvalue weighted by molar-refractivity contribution is 0.0979. The first-order chi connectivity index (χ1) is 9.13. The lowest BCUT2D eigenvalue weighted by Crippen LogP contribution is -2.40. The van der Waals surface area contributed by atoms with Gasteiger partial charge in [0.2, 0.25) is 0 Å². The van der Waals surface area contributed by atoms with Crippen molar-refractivity contribution in [3.8, 4) is 5.75 Å². The molecule has 0 bridgehead atoms. The molecule has 0 amide bonds. The minimum absolute atomic E-state index is 0.209. The Hall–Kier alpha value is -1.10. The molecule has 1 rings (SSSR count). The third-order valence-corrected chi connectivity index (χ3v) is 3.34. The summed E-state index contributed by atoms with van der Waals surface area (Å²) < 4.78 is 10.4. The zero-order chi connectivity index (χ0) is 14.3. The minimum atomic E-state index is 0.209. The fraction of sp³-hybridized carbons (Fsp3) is 0.600. The largest absolute Gasteiger partial charge is 0.497 e. The van der Waals surface area contributed by atoms with Gasteiger partial charge >= 0.3 is 0 Å². The molecule has 2 N–H and O–H groups in total. The maximum Gasteiger partial charge on any atom is 0.118 e. The Balaban J connectivity index is 2.87. The second-order valence-corrected chi connectivity index (χ2v) is 4.85. The molecule has 0 aliphatic carbocycles. The number of benzene rings is 1. The van der Waals surface area contributed by atoms with Gasteiger partial charge in [-0.05, 0) is 31.5 Å². The third kappa shape index (κ3) is 4.49. The standard InChI is InChI=1S/C15H26N2O2/c1-12(2)17(9-10-18-3)15(11-16)13-5-7-14(19-4)8-6-13/h5-8,12,15H,9-11,16H2,1-4H3. The van der Waals surface area contributed by atoms with E-state index in [1.54, 1.807) is 14.2 Å². The maximum atomic E-state index is 5.97. The monoisotopic (exact) mass is 266 g/mol. The molecule has 4 heteroatoms. The van der Waals surface area contributed by atoms with E-state index in [1.807, 2.05) is 12.1 Å². The van der Waals surface area contributed by atoms with Crippen LogP contribution in [0.2, 0.25) is 0 Å². The average Bonchev–Trinajstić information content (AvgIpc) is 2.43. The minimum Gasteiger partial charge on any atom is -0.497 e. The molecule has 1 unspecified atom stereocenters. The quantitative estimate of drug-likeness (QED) is 0.782. The second kappa shape index (κ2) is 8.15. The summed E-state index contributed by atoms with van der Waals surface area (Å²) in [6.07, 6.45) is 0. The molecule has 0 saturated carbocycles. The molecule has 0 aliphatic heterocycles. The molecule has 108 valence electrons. The SMILES string of the molecule is COCCN(C(C)C)C(CN)c1ccc(OC)cc1. The lowest BCUT2D eigenvalue weighted by Gasteiger charge is -2.34. The van der Waals surface area contributed by atoms with Crippen molar-refractivity contribution in [2.24, 2.45) is 5.73 Å². The molecule has 1 atom stereocenters. The Morgan fingerprint density at radius 3 is 2.21 bits per heavy atom. The zero-order valence-electron chi connectivity index (χ0n) is 12.4. The summed E-state index contributed by atoms with van der Waals surface area (Å²) in [7, 11) is 3.40. The van der Waals surface area contributed by atoms with Crippen LogP contribution in [0.3, 0.4) is 0 Å². The van der Waals surface area contributed by atoms with Crippen LogP contribution in [0.15, 0.2) is 24.3 Å².